The van der Waals surface area contributed by atoms with E-state index in [-0.39, 0.29) is 12.1 Å². The molecule has 0 radical (unpaired) electrons. The highest BCUT2D eigenvalue weighted by Gasteiger charge is 2.30. The summed E-state index contributed by atoms with van der Waals surface area (Å²) in [5, 5.41) is 3.00. The van der Waals surface area contributed by atoms with Crippen molar-refractivity contribution in [2.75, 3.05) is 40.3 Å². The molecule has 1 aromatic carbocycles. The molecule has 0 spiro atoms. The van der Waals surface area contributed by atoms with Gasteiger partial charge in [-0.1, -0.05) is 30.3 Å². The lowest BCUT2D eigenvalue weighted by Gasteiger charge is -2.35. The Hall–Kier alpha value is -1.64. The molecule has 1 fully saturated rings. The van der Waals surface area contributed by atoms with Crippen molar-refractivity contribution < 1.29 is 13.2 Å². The van der Waals surface area contributed by atoms with Crippen molar-refractivity contribution >= 4 is 16.2 Å². The summed E-state index contributed by atoms with van der Waals surface area (Å²) in [5.74, 6) is 0. The van der Waals surface area contributed by atoms with E-state index in [1.807, 2.05) is 25.1 Å². The monoisotopic (exact) mass is 368 g/mol. The van der Waals surface area contributed by atoms with Crippen LogP contribution in [-0.2, 0) is 16.6 Å². The van der Waals surface area contributed by atoms with Gasteiger partial charge in [0, 0.05) is 46.3 Å². The molecule has 1 aliphatic heterocycles. The third-order valence-electron chi connectivity index (χ3n) is 4.39. The first-order valence-electron chi connectivity index (χ1n) is 8.57. The van der Waals surface area contributed by atoms with Crippen molar-refractivity contribution in [2.45, 2.75) is 25.8 Å². The summed E-state index contributed by atoms with van der Waals surface area (Å²) in [6, 6.07) is 10.1. The first kappa shape index (κ1) is 19.7. The Balaban J connectivity index is 1.76. The number of rotatable bonds is 6. The van der Waals surface area contributed by atoms with Crippen LogP contribution in [0.1, 0.15) is 18.9 Å². The zero-order chi connectivity index (χ0) is 18.4. The van der Waals surface area contributed by atoms with Crippen LogP contribution in [-0.4, -0.2) is 74.3 Å². The number of amides is 2. The summed E-state index contributed by atoms with van der Waals surface area (Å²) in [4.78, 5) is 14.0. The molecule has 0 aromatic heterocycles. The normalized spacial score (nSPS) is 17.5. The van der Waals surface area contributed by atoms with E-state index in [1.54, 1.807) is 4.90 Å². The summed E-state index contributed by atoms with van der Waals surface area (Å²) in [6.07, 6.45) is 1.78. The van der Waals surface area contributed by atoms with Crippen LogP contribution in [0, 0.1) is 0 Å². The maximum Gasteiger partial charge on any atom is 0.317 e. The summed E-state index contributed by atoms with van der Waals surface area (Å²) in [5.41, 5.74) is 1.26. The van der Waals surface area contributed by atoms with Crippen molar-refractivity contribution in [1.82, 2.24) is 18.8 Å². The molecule has 1 saturated heterocycles. The minimum absolute atomic E-state index is 0.0660. The van der Waals surface area contributed by atoms with Gasteiger partial charge in [-0.3, -0.25) is 0 Å². The highest BCUT2D eigenvalue weighted by molar-refractivity contribution is 7.86. The minimum atomic E-state index is -3.40. The number of nitrogens with one attached hydrogen (secondary N) is 1. The zero-order valence-electron chi connectivity index (χ0n) is 15.2. The Morgan fingerprint density at radius 2 is 1.76 bits per heavy atom. The van der Waals surface area contributed by atoms with Gasteiger partial charge < -0.3 is 10.2 Å². The van der Waals surface area contributed by atoms with E-state index in [0.717, 1.165) is 12.8 Å². The van der Waals surface area contributed by atoms with Crippen molar-refractivity contribution in [3.8, 4) is 0 Å². The number of aryl methyl sites for hydroxylation is 1. The minimum Gasteiger partial charge on any atom is -0.336 e. The molecule has 0 aliphatic carbocycles. The highest BCUT2D eigenvalue weighted by Crippen LogP contribution is 2.10. The number of carbonyl (C=O) groups is 1. The average Bonchev–Trinajstić information content (AvgIpc) is 2.60. The Labute approximate surface area is 150 Å². The van der Waals surface area contributed by atoms with Gasteiger partial charge in [0.1, 0.15) is 0 Å². The first-order chi connectivity index (χ1) is 11.8. The fourth-order valence-corrected chi connectivity index (χ4v) is 3.84. The van der Waals surface area contributed by atoms with Gasteiger partial charge in [0.2, 0.25) is 0 Å². The SMILES string of the molecule is CC(CCc1ccccc1)NC(=O)N1CCN(S(=O)(=O)N(C)C)CC1. The lowest BCUT2D eigenvalue weighted by Crippen LogP contribution is -2.55. The van der Waals surface area contributed by atoms with Crippen molar-refractivity contribution in [1.29, 1.82) is 0 Å². The number of piperazine rings is 1. The van der Waals surface area contributed by atoms with E-state index < -0.39 is 10.2 Å². The molecule has 2 rings (SSSR count). The van der Waals surface area contributed by atoms with E-state index in [4.69, 9.17) is 0 Å². The van der Waals surface area contributed by atoms with Gasteiger partial charge in [-0.05, 0) is 25.3 Å². The Kier molecular flexibility index (Phi) is 6.80. The fourth-order valence-electron chi connectivity index (χ4n) is 2.75. The van der Waals surface area contributed by atoms with E-state index in [1.165, 1.54) is 28.3 Å². The van der Waals surface area contributed by atoms with Crippen molar-refractivity contribution in [2.24, 2.45) is 0 Å². The molecule has 1 heterocycles. The van der Waals surface area contributed by atoms with Crippen LogP contribution in [0.15, 0.2) is 30.3 Å². The standard InChI is InChI=1S/C17H28N4O3S/c1-15(9-10-16-7-5-4-6-8-16)18-17(22)20-11-13-21(14-12-20)25(23,24)19(2)3/h4-8,15H,9-14H2,1-3H3,(H,18,22). The molecule has 140 valence electrons. The van der Waals surface area contributed by atoms with Gasteiger partial charge in [-0.25, -0.2) is 4.79 Å². The second kappa shape index (κ2) is 8.64. The van der Waals surface area contributed by atoms with E-state index in [0.29, 0.717) is 26.2 Å². The summed E-state index contributed by atoms with van der Waals surface area (Å²) in [7, 11) is -0.370. The largest absolute Gasteiger partial charge is 0.336 e. The molecule has 8 heteroatoms. The number of nitrogens with zero attached hydrogens (tertiary/aromatic N) is 3. The lowest BCUT2D eigenvalue weighted by atomic mass is 10.1. The molecule has 2 amide bonds. The molecular formula is C17H28N4O3S. The second-order valence-electron chi connectivity index (χ2n) is 6.55. The maximum atomic E-state index is 12.3. The molecule has 1 unspecified atom stereocenters. The maximum absolute atomic E-state index is 12.3. The third kappa shape index (κ3) is 5.42. The van der Waals surface area contributed by atoms with Gasteiger partial charge in [-0.15, -0.1) is 0 Å². The number of benzene rings is 1. The van der Waals surface area contributed by atoms with Gasteiger partial charge in [0.25, 0.3) is 10.2 Å². The molecule has 7 nitrogen and oxygen atoms in total. The predicted molar refractivity (Wildman–Crippen MR) is 98.5 cm³/mol. The van der Waals surface area contributed by atoms with E-state index in [2.05, 4.69) is 17.4 Å². The Bertz CT molecular complexity index is 656. The zero-order valence-corrected chi connectivity index (χ0v) is 16.0. The van der Waals surface area contributed by atoms with Crippen LogP contribution >= 0.6 is 0 Å². The van der Waals surface area contributed by atoms with Crippen LogP contribution < -0.4 is 5.32 Å². The van der Waals surface area contributed by atoms with E-state index >= 15 is 0 Å². The highest BCUT2D eigenvalue weighted by atomic mass is 32.2. The van der Waals surface area contributed by atoms with Gasteiger partial charge in [0.15, 0.2) is 0 Å². The van der Waals surface area contributed by atoms with Crippen molar-refractivity contribution in [3.63, 3.8) is 0 Å². The lowest BCUT2D eigenvalue weighted by molar-refractivity contribution is 0.167. The van der Waals surface area contributed by atoms with Crippen LogP contribution in [0.25, 0.3) is 0 Å². The second-order valence-corrected chi connectivity index (χ2v) is 8.69. The molecule has 1 aromatic rings. The molecule has 1 N–H and O–H groups in total. The summed E-state index contributed by atoms with van der Waals surface area (Å²) in [6.45, 7) is 3.46. The Morgan fingerprint density at radius 1 is 1.16 bits per heavy atom. The van der Waals surface area contributed by atoms with Crippen molar-refractivity contribution in [3.05, 3.63) is 35.9 Å². The number of urea groups is 1. The Morgan fingerprint density at radius 3 is 2.32 bits per heavy atom. The molecule has 0 saturated carbocycles. The molecular weight excluding hydrogens is 340 g/mol. The van der Waals surface area contributed by atoms with Crippen LogP contribution in [0.4, 0.5) is 4.79 Å². The molecule has 25 heavy (non-hydrogen) atoms. The average molecular weight is 369 g/mol. The van der Waals surface area contributed by atoms with Gasteiger partial charge in [-0.2, -0.15) is 17.0 Å². The molecule has 0 bridgehead atoms. The number of carbonyl (C=O) groups excluding carboxylic acids is 1. The quantitative estimate of drug-likeness (QED) is 0.818. The fraction of sp³-hybridized carbons (Fsp3) is 0.588. The smallest absolute Gasteiger partial charge is 0.317 e. The summed E-state index contributed by atoms with van der Waals surface area (Å²) < 4.78 is 26.8. The number of hydrogen-bond donors (Lipinski definition) is 1. The first-order valence-corrected chi connectivity index (χ1v) is 9.97. The van der Waals surface area contributed by atoms with Crippen LogP contribution in [0.3, 0.4) is 0 Å². The van der Waals surface area contributed by atoms with Gasteiger partial charge >= 0.3 is 6.03 Å². The molecule has 1 atom stereocenters. The molecule has 1 aliphatic rings. The van der Waals surface area contributed by atoms with Crippen LogP contribution in [0.2, 0.25) is 0 Å². The van der Waals surface area contributed by atoms with Crippen LogP contribution in [0.5, 0.6) is 0 Å². The number of hydrogen-bond acceptors (Lipinski definition) is 3. The summed E-state index contributed by atoms with van der Waals surface area (Å²) >= 11 is 0. The van der Waals surface area contributed by atoms with Gasteiger partial charge in [0.05, 0.1) is 0 Å². The topological polar surface area (TPSA) is 73.0 Å². The van der Waals surface area contributed by atoms with E-state index in [9.17, 15) is 13.2 Å². The predicted octanol–water partition coefficient (Wildman–Crippen LogP) is 1.14. The third-order valence-corrected chi connectivity index (χ3v) is 6.33.